The van der Waals surface area contributed by atoms with E-state index >= 15 is 0 Å². The smallest absolute Gasteiger partial charge is 0.492 e. The fourth-order valence-corrected chi connectivity index (χ4v) is 5.45. The van der Waals surface area contributed by atoms with Crippen LogP contribution >= 0.6 is 0 Å². The second-order valence-corrected chi connectivity index (χ2v) is 9.62. The molecule has 3 N–H and O–H groups in total. The largest absolute Gasteiger partial charge is 0.631 e. The molecule has 0 aliphatic carbocycles. The molecule has 0 radical (unpaired) electrons. The van der Waals surface area contributed by atoms with Crippen molar-refractivity contribution in [2.75, 3.05) is 26.7 Å². The maximum Gasteiger partial charge on any atom is 0.631 e. The van der Waals surface area contributed by atoms with Crippen LogP contribution in [0.5, 0.6) is 11.5 Å². The third-order valence-corrected chi connectivity index (χ3v) is 7.32. The molecule has 0 fully saturated rings. The molecule has 2 aromatic rings. The lowest BCUT2D eigenvalue weighted by Crippen LogP contribution is -2.51. The van der Waals surface area contributed by atoms with Gasteiger partial charge in [-0.3, -0.25) is 0 Å². The zero-order chi connectivity index (χ0) is 21.7. The van der Waals surface area contributed by atoms with Crippen molar-refractivity contribution >= 4 is 8.80 Å². The molecule has 0 amide bonds. The summed E-state index contributed by atoms with van der Waals surface area (Å²) in [6.07, 6.45) is 6.03. The Kier molecular flexibility index (Phi) is 10.4. The quantitative estimate of drug-likeness (QED) is 0.255. The van der Waals surface area contributed by atoms with Gasteiger partial charge in [-0.1, -0.05) is 48.6 Å². The van der Waals surface area contributed by atoms with Gasteiger partial charge in [-0.05, 0) is 49.1 Å². The van der Waals surface area contributed by atoms with Gasteiger partial charge in [-0.2, -0.15) is 0 Å². The molecule has 0 aliphatic rings. The van der Waals surface area contributed by atoms with Crippen LogP contribution in [-0.2, 0) is 17.3 Å². The van der Waals surface area contributed by atoms with Crippen LogP contribution in [0.2, 0.25) is 6.04 Å². The second kappa shape index (κ2) is 13.0. The molecule has 0 bridgehead atoms. The van der Waals surface area contributed by atoms with E-state index in [-0.39, 0.29) is 0 Å². The van der Waals surface area contributed by atoms with Crippen LogP contribution in [0.15, 0.2) is 73.8 Å². The monoisotopic (exact) mass is 426 g/mol. The normalized spacial score (nSPS) is 11.1. The summed E-state index contributed by atoms with van der Waals surface area (Å²) in [6.45, 7) is 9.94. The molecule has 0 saturated heterocycles. The van der Waals surface area contributed by atoms with Crippen molar-refractivity contribution in [1.29, 1.82) is 0 Å². The molecule has 6 heteroatoms. The SMILES string of the molecule is C=CCc1ccccc1O[Si](CCCNCCN)(OC)Oc1ccccc1CC=C. The molecular weight excluding hydrogens is 392 g/mol. The van der Waals surface area contributed by atoms with Crippen LogP contribution in [0.4, 0.5) is 0 Å². The number of benzene rings is 2. The Balaban J connectivity index is 2.31. The minimum atomic E-state index is -3.07. The Hall–Kier alpha value is -2.38. The lowest BCUT2D eigenvalue weighted by Gasteiger charge is -2.30. The number of hydrogen-bond acceptors (Lipinski definition) is 5. The third kappa shape index (κ3) is 7.14. The maximum absolute atomic E-state index is 6.55. The highest BCUT2D eigenvalue weighted by molar-refractivity contribution is 6.62. The van der Waals surface area contributed by atoms with Gasteiger partial charge in [0.15, 0.2) is 0 Å². The highest BCUT2D eigenvalue weighted by atomic mass is 28.4. The van der Waals surface area contributed by atoms with Crippen molar-refractivity contribution in [1.82, 2.24) is 5.32 Å². The van der Waals surface area contributed by atoms with Crippen molar-refractivity contribution in [2.45, 2.75) is 25.3 Å². The Morgan fingerprint density at radius 3 is 1.90 bits per heavy atom. The minimum Gasteiger partial charge on any atom is -0.492 e. The van der Waals surface area contributed by atoms with Crippen LogP contribution in [0.1, 0.15) is 17.5 Å². The van der Waals surface area contributed by atoms with Gasteiger partial charge in [0.2, 0.25) is 0 Å². The van der Waals surface area contributed by atoms with Crippen LogP contribution < -0.4 is 19.9 Å². The van der Waals surface area contributed by atoms with E-state index in [1.807, 2.05) is 60.7 Å². The minimum absolute atomic E-state index is 0.615. The van der Waals surface area contributed by atoms with Crippen molar-refractivity contribution in [3.63, 3.8) is 0 Å². The predicted octanol–water partition coefficient (Wildman–Crippen LogP) is 4.13. The van der Waals surface area contributed by atoms with Crippen LogP contribution in [0.25, 0.3) is 0 Å². The Labute approximate surface area is 181 Å². The van der Waals surface area contributed by atoms with E-state index in [2.05, 4.69) is 18.5 Å². The number of hydrogen-bond donors (Lipinski definition) is 2. The van der Waals surface area contributed by atoms with E-state index in [1.54, 1.807) is 7.11 Å². The summed E-state index contributed by atoms with van der Waals surface area (Å²) in [7, 11) is -1.40. The maximum atomic E-state index is 6.55. The van der Waals surface area contributed by atoms with E-state index in [0.29, 0.717) is 12.6 Å². The van der Waals surface area contributed by atoms with Gasteiger partial charge in [-0.25, -0.2) is 0 Å². The molecule has 0 aromatic heterocycles. The Morgan fingerprint density at radius 2 is 1.43 bits per heavy atom. The Bertz CT molecular complexity index is 742. The molecule has 2 rings (SSSR count). The van der Waals surface area contributed by atoms with Gasteiger partial charge >= 0.3 is 8.80 Å². The molecule has 162 valence electrons. The zero-order valence-corrected chi connectivity index (χ0v) is 18.9. The van der Waals surface area contributed by atoms with E-state index in [4.69, 9.17) is 19.0 Å². The number of nitrogens with one attached hydrogen (secondary N) is 1. The molecule has 0 atom stereocenters. The molecule has 2 aromatic carbocycles. The first-order valence-corrected chi connectivity index (χ1v) is 12.3. The average Bonchev–Trinajstić information content (AvgIpc) is 2.76. The highest BCUT2D eigenvalue weighted by Gasteiger charge is 2.45. The van der Waals surface area contributed by atoms with E-state index in [9.17, 15) is 0 Å². The van der Waals surface area contributed by atoms with Crippen LogP contribution in [0.3, 0.4) is 0 Å². The summed E-state index contributed by atoms with van der Waals surface area (Å²) >= 11 is 0. The number of allylic oxidation sites excluding steroid dienone is 2. The molecule has 0 unspecified atom stereocenters. The van der Waals surface area contributed by atoms with Gasteiger partial charge in [0, 0.05) is 26.2 Å². The highest BCUT2D eigenvalue weighted by Crippen LogP contribution is 2.29. The van der Waals surface area contributed by atoms with E-state index < -0.39 is 8.80 Å². The van der Waals surface area contributed by atoms with Gasteiger partial charge in [0.05, 0.1) is 0 Å². The molecule has 0 aliphatic heterocycles. The first-order valence-electron chi connectivity index (χ1n) is 10.4. The van der Waals surface area contributed by atoms with Crippen molar-refractivity contribution in [3.8, 4) is 11.5 Å². The fourth-order valence-electron chi connectivity index (χ4n) is 3.16. The van der Waals surface area contributed by atoms with Gasteiger partial charge < -0.3 is 24.3 Å². The van der Waals surface area contributed by atoms with E-state index in [0.717, 1.165) is 55.0 Å². The third-order valence-electron chi connectivity index (χ3n) is 4.67. The van der Waals surface area contributed by atoms with Crippen molar-refractivity contribution < 1.29 is 13.3 Å². The zero-order valence-electron chi connectivity index (χ0n) is 17.9. The fraction of sp³-hybridized carbons (Fsp3) is 0.333. The molecule has 0 spiro atoms. The summed E-state index contributed by atoms with van der Waals surface area (Å²) in [4.78, 5) is 0. The first-order chi connectivity index (χ1) is 14.7. The number of para-hydroxylation sites is 2. The average molecular weight is 427 g/mol. The summed E-state index contributed by atoms with van der Waals surface area (Å²) in [5.74, 6) is 1.56. The standard InChI is InChI=1S/C24H34N2O3Si/c1-4-11-21-13-6-8-15-23(21)28-30(27-3,20-10-18-26-19-17-25)29-24-16-9-7-14-22(24)12-5-2/h4-9,13-16,26H,1-2,10-12,17-20,25H2,3H3. The Morgan fingerprint density at radius 1 is 0.900 bits per heavy atom. The molecule has 5 nitrogen and oxygen atoms in total. The molecular formula is C24H34N2O3Si. The van der Waals surface area contributed by atoms with Crippen LogP contribution in [-0.4, -0.2) is 35.5 Å². The summed E-state index contributed by atoms with van der Waals surface area (Å²) in [5.41, 5.74) is 7.69. The van der Waals surface area contributed by atoms with Crippen molar-refractivity contribution in [2.24, 2.45) is 5.73 Å². The van der Waals surface area contributed by atoms with Gasteiger partial charge in [-0.15, -0.1) is 13.2 Å². The molecule has 0 heterocycles. The second-order valence-electron chi connectivity index (χ2n) is 6.93. The van der Waals surface area contributed by atoms with Gasteiger partial charge in [0.25, 0.3) is 0 Å². The molecule has 0 saturated carbocycles. The van der Waals surface area contributed by atoms with Crippen molar-refractivity contribution in [3.05, 3.63) is 85.0 Å². The first kappa shape index (κ1) is 23.9. The van der Waals surface area contributed by atoms with Crippen LogP contribution in [0, 0.1) is 0 Å². The number of rotatable bonds is 15. The summed E-state index contributed by atoms with van der Waals surface area (Å²) < 4.78 is 19.1. The van der Waals surface area contributed by atoms with Gasteiger partial charge in [0.1, 0.15) is 11.5 Å². The lowest BCUT2D eigenvalue weighted by atomic mass is 10.1. The summed E-state index contributed by atoms with van der Waals surface area (Å²) in [5, 5.41) is 3.33. The molecule has 30 heavy (non-hydrogen) atoms. The predicted molar refractivity (Wildman–Crippen MR) is 126 cm³/mol. The summed E-state index contributed by atoms with van der Waals surface area (Å²) in [6, 6.07) is 16.6. The lowest BCUT2D eigenvalue weighted by molar-refractivity contribution is 0.202. The van der Waals surface area contributed by atoms with E-state index in [1.165, 1.54) is 0 Å². The number of nitrogens with two attached hydrogens (primary N) is 1. The topological polar surface area (TPSA) is 65.7 Å².